The van der Waals surface area contributed by atoms with Crippen molar-refractivity contribution >= 4 is 21.8 Å². The molecule has 64 heavy (non-hydrogen) atoms. The van der Waals surface area contributed by atoms with Gasteiger partial charge in [-0.25, -0.2) is 19.9 Å². The molecule has 304 valence electrons. The number of hydrogen-bond acceptors (Lipinski definition) is 4. The van der Waals surface area contributed by atoms with Gasteiger partial charge < -0.3 is 4.57 Å². The quantitative estimate of drug-likeness (QED) is 0.153. The van der Waals surface area contributed by atoms with E-state index in [0.29, 0.717) is 11.6 Å². The van der Waals surface area contributed by atoms with Gasteiger partial charge in [0, 0.05) is 44.2 Å². The smallest absolute Gasteiger partial charge is 0.160 e. The van der Waals surface area contributed by atoms with Gasteiger partial charge in [-0.2, -0.15) is 0 Å². The Morgan fingerprint density at radius 1 is 0.328 bits per heavy atom. The van der Waals surface area contributed by atoms with E-state index in [1.54, 1.807) is 0 Å². The summed E-state index contributed by atoms with van der Waals surface area (Å²) >= 11 is 0. The minimum absolute atomic E-state index is 0.629. The highest BCUT2D eigenvalue weighted by Gasteiger charge is 2.21. The Kier molecular flexibility index (Phi) is 9.78. The summed E-state index contributed by atoms with van der Waals surface area (Å²) in [5.41, 5.74) is 18.7. The van der Waals surface area contributed by atoms with Gasteiger partial charge in [-0.05, 0) is 91.6 Å². The van der Waals surface area contributed by atoms with Crippen LogP contribution in [0, 0.1) is 20.8 Å². The summed E-state index contributed by atoms with van der Waals surface area (Å²) in [6.07, 6.45) is 0. The molecule has 0 aliphatic heterocycles. The first-order valence-electron chi connectivity index (χ1n) is 21.7. The number of hydrogen-bond donors (Lipinski definition) is 0. The number of fused-ring (bicyclic) bond motifs is 3. The van der Waals surface area contributed by atoms with E-state index < -0.39 is 0 Å². The van der Waals surface area contributed by atoms with Crippen molar-refractivity contribution in [1.29, 1.82) is 0 Å². The number of benzene rings is 8. The molecule has 0 atom stereocenters. The zero-order chi connectivity index (χ0) is 43.1. The van der Waals surface area contributed by atoms with E-state index in [1.807, 2.05) is 60.7 Å². The first-order chi connectivity index (χ1) is 31.4. The first-order valence-corrected chi connectivity index (χ1v) is 21.7. The van der Waals surface area contributed by atoms with Crippen LogP contribution >= 0.6 is 0 Å². The monoisotopic (exact) mass is 821 g/mol. The lowest BCUT2D eigenvalue weighted by molar-refractivity contribution is 1.14. The number of nitrogens with zero attached hydrogens (tertiary/aromatic N) is 5. The molecule has 8 aromatic carbocycles. The number of aryl methyl sites for hydroxylation is 3. The van der Waals surface area contributed by atoms with Crippen molar-refractivity contribution in [3.05, 3.63) is 223 Å². The van der Waals surface area contributed by atoms with Gasteiger partial charge in [0.15, 0.2) is 11.6 Å². The lowest BCUT2D eigenvalue weighted by Crippen LogP contribution is -2.02. The Hall–Kier alpha value is -8.28. The minimum Gasteiger partial charge on any atom is -0.309 e. The van der Waals surface area contributed by atoms with Crippen LogP contribution in [0.3, 0.4) is 0 Å². The van der Waals surface area contributed by atoms with E-state index >= 15 is 0 Å². The fourth-order valence-corrected chi connectivity index (χ4v) is 9.25. The fraction of sp³-hybridized carbons (Fsp3) is 0.0508. The molecule has 3 aromatic heterocycles. The van der Waals surface area contributed by atoms with Gasteiger partial charge in [-0.15, -0.1) is 0 Å². The summed E-state index contributed by atoms with van der Waals surface area (Å²) in [7, 11) is 0. The molecule has 0 aliphatic carbocycles. The van der Waals surface area contributed by atoms with Crippen LogP contribution in [0.5, 0.6) is 0 Å². The van der Waals surface area contributed by atoms with Gasteiger partial charge in [0.25, 0.3) is 0 Å². The maximum absolute atomic E-state index is 5.41. The maximum Gasteiger partial charge on any atom is 0.160 e. The maximum atomic E-state index is 5.41. The summed E-state index contributed by atoms with van der Waals surface area (Å²) in [5, 5.41) is 2.37. The minimum atomic E-state index is 0.629. The van der Waals surface area contributed by atoms with Gasteiger partial charge in [0.05, 0.1) is 39.5 Å². The second-order valence-corrected chi connectivity index (χ2v) is 16.5. The molecule has 3 heterocycles. The van der Waals surface area contributed by atoms with Crippen molar-refractivity contribution in [2.75, 3.05) is 0 Å². The third-order valence-electron chi connectivity index (χ3n) is 12.1. The summed E-state index contributed by atoms with van der Waals surface area (Å²) in [6, 6.07) is 72.2. The normalized spacial score (nSPS) is 11.4. The van der Waals surface area contributed by atoms with Crippen molar-refractivity contribution in [3.63, 3.8) is 0 Å². The molecular formula is C59H43N5. The van der Waals surface area contributed by atoms with Crippen LogP contribution in [0.25, 0.3) is 106 Å². The number of para-hydroxylation sites is 1. The van der Waals surface area contributed by atoms with Crippen molar-refractivity contribution in [1.82, 2.24) is 24.5 Å². The van der Waals surface area contributed by atoms with Gasteiger partial charge in [0.1, 0.15) is 0 Å². The molecule has 0 fully saturated rings. The third kappa shape index (κ3) is 7.13. The largest absolute Gasteiger partial charge is 0.309 e. The van der Waals surface area contributed by atoms with Crippen LogP contribution in [0.15, 0.2) is 206 Å². The van der Waals surface area contributed by atoms with Crippen molar-refractivity contribution in [2.24, 2.45) is 0 Å². The molecule has 0 saturated heterocycles. The standard InChI is InChI=1S/C59H43N5/c1-38-32-39(2)57(40(3)33-38)45-28-30-55-48(34-45)47-26-16-17-27-54(47)64(55)56-31-29-46(59-61-50(41-18-8-4-9-19-41)36-51(62-59)42-20-10-5-11-21-42)35-49(56)53-37-52(43-22-12-6-13-23-43)60-58(63-53)44-24-14-7-15-25-44/h4-37H,1-3H3. The zero-order valence-electron chi connectivity index (χ0n) is 35.9. The molecule has 11 aromatic rings. The van der Waals surface area contributed by atoms with Crippen LogP contribution < -0.4 is 0 Å². The third-order valence-corrected chi connectivity index (χ3v) is 12.1. The van der Waals surface area contributed by atoms with Gasteiger partial charge in [-0.1, -0.05) is 163 Å². The lowest BCUT2D eigenvalue weighted by atomic mass is 9.93. The summed E-state index contributed by atoms with van der Waals surface area (Å²) in [6.45, 7) is 6.60. The van der Waals surface area contributed by atoms with E-state index in [1.165, 1.54) is 38.6 Å². The highest BCUT2D eigenvalue weighted by atomic mass is 15.0. The van der Waals surface area contributed by atoms with Crippen LogP contribution in [0.4, 0.5) is 0 Å². The average molecular weight is 822 g/mol. The van der Waals surface area contributed by atoms with Crippen LogP contribution in [0.2, 0.25) is 0 Å². The summed E-state index contributed by atoms with van der Waals surface area (Å²) in [4.78, 5) is 21.1. The van der Waals surface area contributed by atoms with E-state index in [-0.39, 0.29) is 0 Å². The molecule has 0 amide bonds. The lowest BCUT2D eigenvalue weighted by Gasteiger charge is -2.17. The first kappa shape index (κ1) is 38.6. The molecule has 0 bridgehead atoms. The molecule has 0 unspecified atom stereocenters. The highest BCUT2D eigenvalue weighted by molar-refractivity contribution is 6.11. The Labute approximate surface area is 373 Å². The molecular weight excluding hydrogens is 779 g/mol. The molecule has 0 saturated carbocycles. The number of rotatable bonds is 8. The molecule has 5 nitrogen and oxygen atoms in total. The molecule has 0 aliphatic rings. The average Bonchev–Trinajstić information content (AvgIpc) is 3.68. The Bertz CT molecular complexity index is 3370. The van der Waals surface area contributed by atoms with E-state index in [9.17, 15) is 0 Å². The zero-order valence-corrected chi connectivity index (χ0v) is 35.9. The molecule has 11 rings (SSSR count). The van der Waals surface area contributed by atoms with Crippen LogP contribution in [0.1, 0.15) is 16.7 Å². The second-order valence-electron chi connectivity index (χ2n) is 16.5. The van der Waals surface area contributed by atoms with Gasteiger partial charge in [0.2, 0.25) is 0 Å². The molecule has 0 N–H and O–H groups in total. The number of aromatic nitrogens is 5. The van der Waals surface area contributed by atoms with Gasteiger partial charge in [-0.3, -0.25) is 0 Å². The molecule has 0 radical (unpaired) electrons. The topological polar surface area (TPSA) is 56.5 Å². The molecule has 0 spiro atoms. The van der Waals surface area contributed by atoms with Crippen molar-refractivity contribution in [2.45, 2.75) is 20.8 Å². The van der Waals surface area contributed by atoms with Crippen molar-refractivity contribution < 1.29 is 0 Å². The van der Waals surface area contributed by atoms with E-state index in [0.717, 1.165) is 72.9 Å². The predicted octanol–water partition coefficient (Wildman–Crippen LogP) is 15.0. The summed E-state index contributed by atoms with van der Waals surface area (Å²) in [5.74, 6) is 1.28. The Balaban J connectivity index is 1.19. The van der Waals surface area contributed by atoms with Crippen molar-refractivity contribution in [3.8, 4) is 84.6 Å². The van der Waals surface area contributed by atoms with Gasteiger partial charge >= 0.3 is 0 Å². The molecule has 5 heteroatoms. The predicted molar refractivity (Wildman–Crippen MR) is 264 cm³/mol. The van der Waals surface area contributed by atoms with Crippen LogP contribution in [-0.2, 0) is 0 Å². The summed E-state index contributed by atoms with van der Waals surface area (Å²) < 4.78 is 2.39. The Morgan fingerprint density at radius 2 is 0.781 bits per heavy atom. The SMILES string of the molecule is Cc1cc(C)c(-c2ccc3c(c2)c2ccccc2n3-c2ccc(-c3nc(-c4ccccc4)cc(-c4ccccc4)n3)cc2-c2cc(-c3ccccc3)nc(-c3ccccc3)n2)c(C)c1. The fourth-order valence-electron chi connectivity index (χ4n) is 9.25. The second kappa shape index (κ2) is 16.2. The van der Waals surface area contributed by atoms with E-state index in [4.69, 9.17) is 19.9 Å². The van der Waals surface area contributed by atoms with Crippen LogP contribution in [-0.4, -0.2) is 24.5 Å². The highest BCUT2D eigenvalue weighted by Crippen LogP contribution is 2.41. The van der Waals surface area contributed by atoms with E-state index in [2.05, 4.69) is 171 Å². The Morgan fingerprint density at radius 3 is 1.36 bits per heavy atom.